The van der Waals surface area contributed by atoms with E-state index in [0.29, 0.717) is 17.2 Å². The Labute approximate surface area is 150 Å². The van der Waals surface area contributed by atoms with Crippen molar-refractivity contribution in [2.75, 3.05) is 5.32 Å². The summed E-state index contributed by atoms with van der Waals surface area (Å²) in [5, 5.41) is 8.51. The van der Waals surface area contributed by atoms with Crippen LogP contribution in [0, 0.1) is 13.8 Å². The predicted octanol–water partition coefficient (Wildman–Crippen LogP) is 3.68. The number of aromatic nitrogens is 4. The van der Waals surface area contributed by atoms with E-state index in [-0.39, 0.29) is 5.91 Å². The van der Waals surface area contributed by atoms with Crippen LogP contribution in [0.5, 0.6) is 0 Å². The summed E-state index contributed by atoms with van der Waals surface area (Å²) in [5.74, 6) is 1.02. The van der Waals surface area contributed by atoms with Gasteiger partial charge in [0, 0.05) is 29.4 Å². The van der Waals surface area contributed by atoms with Crippen LogP contribution in [0.1, 0.15) is 21.6 Å². The van der Waals surface area contributed by atoms with Gasteiger partial charge in [-0.3, -0.25) is 9.78 Å². The van der Waals surface area contributed by atoms with Crippen molar-refractivity contribution in [3.8, 4) is 5.82 Å². The highest BCUT2D eigenvalue weighted by Gasteiger charge is 2.14. The minimum Gasteiger partial charge on any atom is -0.306 e. The van der Waals surface area contributed by atoms with Gasteiger partial charge in [0.25, 0.3) is 5.91 Å². The number of pyridine rings is 2. The molecule has 3 heterocycles. The lowest BCUT2D eigenvalue weighted by molar-refractivity contribution is 0.102. The molecule has 3 aromatic heterocycles. The van der Waals surface area contributed by atoms with Gasteiger partial charge in [0.2, 0.25) is 0 Å². The monoisotopic (exact) mass is 343 g/mol. The first-order valence-electron chi connectivity index (χ1n) is 8.26. The second-order valence-corrected chi connectivity index (χ2v) is 6.09. The molecule has 6 nitrogen and oxygen atoms in total. The highest BCUT2D eigenvalue weighted by molar-refractivity contribution is 6.03. The van der Waals surface area contributed by atoms with Crippen LogP contribution in [-0.2, 0) is 0 Å². The van der Waals surface area contributed by atoms with E-state index in [4.69, 9.17) is 4.98 Å². The van der Waals surface area contributed by atoms with E-state index < -0.39 is 0 Å². The van der Waals surface area contributed by atoms with E-state index in [1.165, 1.54) is 0 Å². The summed E-state index contributed by atoms with van der Waals surface area (Å²) < 4.78 is 1.66. The lowest BCUT2D eigenvalue weighted by atomic mass is 10.1. The second kappa shape index (κ2) is 6.40. The maximum Gasteiger partial charge on any atom is 0.256 e. The smallest absolute Gasteiger partial charge is 0.256 e. The number of benzene rings is 1. The number of carbonyl (C=O) groups excluding carboxylic acids is 1. The average molecular weight is 343 g/mol. The van der Waals surface area contributed by atoms with Gasteiger partial charge in [-0.15, -0.1) is 0 Å². The molecule has 0 aliphatic rings. The Morgan fingerprint density at radius 2 is 1.81 bits per heavy atom. The molecule has 128 valence electrons. The Hall–Kier alpha value is -3.54. The average Bonchev–Trinajstić information content (AvgIpc) is 3.02. The summed E-state index contributed by atoms with van der Waals surface area (Å²) >= 11 is 0. The molecule has 6 heteroatoms. The minimum absolute atomic E-state index is 0.217. The van der Waals surface area contributed by atoms with Gasteiger partial charge in [-0.2, -0.15) is 9.78 Å². The summed E-state index contributed by atoms with van der Waals surface area (Å²) in [6.45, 7) is 3.92. The summed E-state index contributed by atoms with van der Waals surface area (Å²) in [6.07, 6.45) is 3.18. The number of rotatable bonds is 3. The van der Waals surface area contributed by atoms with Crippen molar-refractivity contribution in [1.29, 1.82) is 0 Å². The number of amides is 1. The van der Waals surface area contributed by atoms with E-state index >= 15 is 0 Å². The number of carbonyl (C=O) groups is 1. The molecule has 0 radical (unpaired) electrons. The number of fused-ring (bicyclic) bond motifs is 1. The Bertz CT molecular complexity index is 1100. The molecule has 0 atom stereocenters. The Kier molecular flexibility index (Phi) is 3.93. The molecule has 0 bridgehead atoms. The van der Waals surface area contributed by atoms with Crippen molar-refractivity contribution < 1.29 is 4.79 Å². The topological polar surface area (TPSA) is 72.7 Å². The first-order valence-corrected chi connectivity index (χ1v) is 8.26. The molecule has 0 aliphatic carbocycles. The zero-order chi connectivity index (χ0) is 18.1. The fourth-order valence-corrected chi connectivity index (χ4v) is 2.90. The lowest BCUT2D eigenvalue weighted by Crippen LogP contribution is -2.15. The Balaban J connectivity index is 1.75. The van der Waals surface area contributed by atoms with Crippen LogP contribution in [0.15, 0.2) is 60.9 Å². The van der Waals surface area contributed by atoms with Gasteiger partial charge in [0.1, 0.15) is 5.82 Å². The van der Waals surface area contributed by atoms with Gasteiger partial charge in [0.15, 0.2) is 5.82 Å². The fourth-order valence-electron chi connectivity index (χ4n) is 2.90. The minimum atomic E-state index is -0.217. The van der Waals surface area contributed by atoms with Gasteiger partial charge in [-0.05, 0) is 43.7 Å². The number of para-hydroxylation sites is 1. The molecule has 0 spiro atoms. The molecular weight excluding hydrogens is 326 g/mol. The summed E-state index contributed by atoms with van der Waals surface area (Å²) in [4.78, 5) is 21.1. The molecule has 4 rings (SSSR count). The molecular formula is C20H17N5O. The van der Waals surface area contributed by atoms with E-state index in [2.05, 4.69) is 15.4 Å². The van der Waals surface area contributed by atoms with Crippen LogP contribution in [0.25, 0.3) is 16.7 Å². The van der Waals surface area contributed by atoms with E-state index in [0.717, 1.165) is 22.2 Å². The zero-order valence-corrected chi connectivity index (χ0v) is 14.5. The van der Waals surface area contributed by atoms with Gasteiger partial charge in [-0.1, -0.05) is 18.2 Å². The SMILES string of the molecule is Cc1cc(NC(=O)c2ccncc2)n(-c2cc(C)c3ccccc3n2)n1. The van der Waals surface area contributed by atoms with Gasteiger partial charge in [-0.25, -0.2) is 4.98 Å². The summed E-state index contributed by atoms with van der Waals surface area (Å²) in [7, 11) is 0. The van der Waals surface area contributed by atoms with Gasteiger partial charge >= 0.3 is 0 Å². The zero-order valence-electron chi connectivity index (χ0n) is 14.5. The summed E-state index contributed by atoms with van der Waals surface area (Å²) in [6, 6.07) is 15.1. The van der Waals surface area contributed by atoms with Crippen molar-refractivity contribution in [2.24, 2.45) is 0 Å². The number of hydrogen-bond acceptors (Lipinski definition) is 4. The molecule has 0 unspecified atom stereocenters. The predicted molar refractivity (Wildman–Crippen MR) is 101 cm³/mol. The maximum atomic E-state index is 12.5. The quantitative estimate of drug-likeness (QED) is 0.616. The number of anilines is 1. The van der Waals surface area contributed by atoms with Crippen molar-refractivity contribution in [3.63, 3.8) is 0 Å². The van der Waals surface area contributed by atoms with Crippen LogP contribution in [0.3, 0.4) is 0 Å². The first-order chi connectivity index (χ1) is 12.6. The fraction of sp³-hybridized carbons (Fsp3) is 0.100. The molecule has 0 aliphatic heterocycles. The third-order valence-corrected chi connectivity index (χ3v) is 4.14. The van der Waals surface area contributed by atoms with Crippen LogP contribution in [0.4, 0.5) is 5.82 Å². The molecule has 0 saturated heterocycles. The third kappa shape index (κ3) is 2.93. The normalized spacial score (nSPS) is 10.8. The van der Waals surface area contributed by atoms with Crippen LogP contribution >= 0.6 is 0 Å². The molecule has 1 amide bonds. The van der Waals surface area contributed by atoms with Crippen molar-refractivity contribution in [3.05, 3.63) is 77.7 Å². The Morgan fingerprint density at radius 1 is 1.04 bits per heavy atom. The van der Waals surface area contributed by atoms with E-state index in [1.807, 2.05) is 50.2 Å². The third-order valence-electron chi connectivity index (χ3n) is 4.14. The van der Waals surface area contributed by atoms with Crippen molar-refractivity contribution in [2.45, 2.75) is 13.8 Å². The highest BCUT2D eigenvalue weighted by atomic mass is 16.1. The largest absolute Gasteiger partial charge is 0.306 e. The van der Waals surface area contributed by atoms with E-state index in [9.17, 15) is 4.79 Å². The molecule has 26 heavy (non-hydrogen) atoms. The molecule has 0 saturated carbocycles. The van der Waals surface area contributed by atoms with Gasteiger partial charge in [0.05, 0.1) is 11.2 Å². The Morgan fingerprint density at radius 3 is 2.62 bits per heavy atom. The van der Waals surface area contributed by atoms with Crippen molar-refractivity contribution in [1.82, 2.24) is 19.7 Å². The molecule has 0 fully saturated rings. The van der Waals surface area contributed by atoms with Crippen LogP contribution in [0.2, 0.25) is 0 Å². The standard InChI is InChI=1S/C20H17N5O/c1-13-11-18(22-17-6-4-3-5-16(13)17)25-19(12-14(2)24-25)23-20(26)15-7-9-21-10-8-15/h3-12H,1-2H3,(H,23,26). The highest BCUT2D eigenvalue weighted by Crippen LogP contribution is 2.22. The maximum absolute atomic E-state index is 12.5. The number of nitrogens with one attached hydrogen (secondary N) is 1. The number of aryl methyl sites for hydroxylation is 2. The number of nitrogens with zero attached hydrogens (tertiary/aromatic N) is 4. The van der Waals surface area contributed by atoms with E-state index in [1.54, 1.807) is 29.2 Å². The van der Waals surface area contributed by atoms with Crippen LogP contribution < -0.4 is 5.32 Å². The van der Waals surface area contributed by atoms with Crippen LogP contribution in [-0.4, -0.2) is 25.7 Å². The van der Waals surface area contributed by atoms with Gasteiger partial charge < -0.3 is 5.32 Å². The number of hydrogen-bond donors (Lipinski definition) is 1. The molecule has 1 N–H and O–H groups in total. The molecule has 4 aromatic rings. The molecule has 1 aromatic carbocycles. The second-order valence-electron chi connectivity index (χ2n) is 6.09. The first kappa shape index (κ1) is 16.0. The van der Waals surface area contributed by atoms with Crippen molar-refractivity contribution >= 4 is 22.6 Å². The summed E-state index contributed by atoms with van der Waals surface area (Å²) in [5.41, 5.74) is 3.32. The lowest BCUT2D eigenvalue weighted by Gasteiger charge is -2.10.